The third kappa shape index (κ3) is 5.55. The first-order chi connectivity index (χ1) is 13.7. The molecule has 0 amide bonds. The van der Waals surface area contributed by atoms with Crippen LogP contribution in [0.5, 0.6) is 5.75 Å². The maximum atomic E-state index is 13.2. The second kappa shape index (κ2) is 9.87. The molecule has 150 valence electrons. The molecule has 1 aromatic carbocycles. The van der Waals surface area contributed by atoms with E-state index in [1.54, 1.807) is 7.05 Å². The number of pyridine rings is 1. The summed E-state index contributed by atoms with van der Waals surface area (Å²) in [5.74, 6) is 0.206. The minimum atomic E-state index is -0.917. The van der Waals surface area contributed by atoms with Crippen molar-refractivity contribution >= 4 is 11.8 Å². The number of nitrogens with zero attached hydrogens (tertiary/aromatic N) is 3. The van der Waals surface area contributed by atoms with Gasteiger partial charge < -0.3 is 20.3 Å². The first-order valence-corrected chi connectivity index (χ1v) is 9.36. The Bertz CT molecular complexity index is 779. The van der Waals surface area contributed by atoms with E-state index in [0.717, 1.165) is 43.9 Å². The van der Waals surface area contributed by atoms with Crippen molar-refractivity contribution in [1.82, 2.24) is 15.6 Å². The van der Waals surface area contributed by atoms with Crippen molar-refractivity contribution in [3.8, 4) is 5.75 Å². The summed E-state index contributed by atoms with van der Waals surface area (Å²) >= 11 is 0. The normalized spacial score (nSPS) is 15.4. The molecule has 0 saturated carbocycles. The van der Waals surface area contributed by atoms with Gasteiger partial charge in [0.05, 0.1) is 6.54 Å². The zero-order valence-corrected chi connectivity index (χ0v) is 15.9. The molecule has 0 radical (unpaired) electrons. The van der Waals surface area contributed by atoms with Crippen LogP contribution in [0.3, 0.4) is 0 Å². The number of halogens is 2. The average Bonchev–Trinajstić information content (AvgIpc) is 2.74. The molecule has 1 saturated heterocycles. The number of aliphatic imine (C=N–C) groups is 1. The fraction of sp³-hybridized carbons (Fsp3) is 0.400. The van der Waals surface area contributed by atoms with Crippen molar-refractivity contribution in [2.24, 2.45) is 4.99 Å². The number of aromatic nitrogens is 1. The topological polar surface area (TPSA) is 61.8 Å². The predicted octanol–water partition coefficient (Wildman–Crippen LogP) is 2.57. The summed E-state index contributed by atoms with van der Waals surface area (Å²) in [6.07, 6.45) is 3.79. The van der Waals surface area contributed by atoms with E-state index in [0.29, 0.717) is 30.9 Å². The number of benzene rings is 1. The summed E-state index contributed by atoms with van der Waals surface area (Å²) in [4.78, 5) is 10.9. The lowest BCUT2D eigenvalue weighted by Crippen LogP contribution is -2.49. The van der Waals surface area contributed by atoms with Gasteiger partial charge in [-0.1, -0.05) is 6.07 Å². The number of nitrogens with one attached hydrogen (secondary N) is 2. The van der Waals surface area contributed by atoms with E-state index in [-0.39, 0.29) is 0 Å². The Kier molecular flexibility index (Phi) is 7.00. The molecule has 6 nitrogen and oxygen atoms in total. The molecule has 2 N–H and O–H groups in total. The Balaban J connectivity index is 1.37. The van der Waals surface area contributed by atoms with Crippen LogP contribution in [-0.2, 0) is 0 Å². The van der Waals surface area contributed by atoms with Crippen LogP contribution in [-0.4, -0.2) is 50.3 Å². The van der Waals surface area contributed by atoms with Gasteiger partial charge in [-0.3, -0.25) is 4.99 Å². The number of ether oxygens (including phenoxy) is 1. The second-order valence-electron chi connectivity index (χ2n) is 6.52. The van der Waals surface area contributed by atoms with Crippen molar-refractivity contribution in [1.29, 1.82) is 0 Å². The average molecular weight is 389 g/mol. The molecule has 28 heavy (non-hydrogen) atoms. The van der Waals surface area contributed by atoms with Crippen LogP contribution in [0.1, 0.15) is 12.8 Å². The van der Waals surface area contributed by atoms with E-state index in [4.69, 9.17) is 4.74 Å². The molecular weight excluding hydrogens is 364 g/mol. The van der Waals surface area contributed by atoms with Crippen LogP contribution in [0.2, 0.25) is 0 Å². The first kappa shape index (κ1) is 19.9. The monoisotopic (exact) mass is 389 g/mol. The maximum absolute atomic E-state index is 13.2. The van der Waals surface area contributed by atoms with Crippen LogP contribution in [0.25, 0.3) is 0 Å². The van der Waals surface area contributed by atoms with Crippen molar-refractivity contribution < 1.29 is 13.5 Å². The van der Waals surface area contributed by atoms with Crippen LogP contribution in [0.4, 0.5) is 14.6 Å². The minimum absolute atomic E-state index is 0.297. The molecule has 2 heterocycles. The predicted molar refractivity (Wildman–Crippen MR) is 106 cm³/mol. The fourth-order valence-electron chi connectivity index (χ4n) is 3.09. The number of piperidine rings is 1. The third-order valence-corrected chi connectivity index (χ3v) is 4.59. The summed E-state index contributed by atoms with van der Waals surface area (Å²) in [6, 6.07) is 9.78. The highest BCUT2D eigenvalue weighted by Gasteiger charge is 2.20. The van der Waals surface area contributed by atoms with Gasteiger partial charge in [-0.15, -0.1) is 0 Å². The van der Waals surface area contributed by atoms with Crippen LogP contribution in [0.15, 0.2) is 47.6 Å². The van der Waals surface area contributed by atoms with Gasteiger partial charge in [0, 0.05) is 38.4 Å². The number of rotatable bonds is 6. The zero-order valence-electron chi connectivity index (χ0n) is 15.9. The van der Waals surface area contributed by atoms with Crippen LogP contribution < -0.4 is 20.3 Å². The Hall–Kier alpha value is -2.90. The van der Waals surface area contributed by atoms with E-state index in [2.05, 4.69) is 25.5 Å². The summed E-state index contributed by atoms with van der Waals surface area (Å²) in [6.45, 7) is 2.67. The summed E-state index contributed by atoms with van der Waals surface area (Å²) in [5.41, 5.74) is 0. The van der Waals surface area contributed by atoms with Gasteiger partial charge >= 0.3 is 0 Å². The van der Waals surface area contributed by atoms with Gasteiger partial charge in [0.25, 0.3) is 0 Å². The smallest absolute Gasteiger partial charge is 0.191 e. The number of guanidine groups is 1. The van der Waals surface area contributed by atoms with Gasteiger partial charge in [-0.2, -0.15) is 0 Å². The molecule has 1 fully saturated rings. The second-order valence-corrected chi connectivity index (χ2v) is 6.52. The molecule has 0 aliphatic carbocycles. The molecule has 0 unspecified atom stereocenters. The highest BCUT2D eigenvalue weighted by atomic mass is 19.2. The number of hydrogen-bond donors (Lipinski definition) is 2. The summed E-state index contributed by atoms with van der Waals surface area (Å²) in [7, 11) is 1.72. The standard InChI is InChI=1S/C20H25F2N5O/c1-23-20(25-10-13-28-16-5-6-17(21)18(22)14-16)26-15-7-11-27(12-8-15)19-4-2-3-9-24-19/h2-6,9,14-15H,7-8,10-13H2,1H3,(H2,23,25,26). The molecule has 1 aliphatic rings. The van der Waals surface area contributed by atoms with Crippen molar-refractivity contribution in [2.75, 3.05) is 38.2 Å². The number of anilines is 1. The maximum Gasteiger partial charge on any atom is 0.191 e. The Labute approximate surface area is 163 Å². The zero-order chi connectivity index (χ0) is 19.8. The van der Waals surface area contributed by atoms with Crippen LogP contribution in [0, 0.1) is 11.6 Å². The van der Waals surface area contributed by atoms with E-state index in [1.165, 1.54) is 6.07 Å². The lowest BCUT2D eigenvalue weighted by Gasteiger charge is -2.33. The van der Waals surface area contributed by atoms with Gasteiger partial charge in [0.15, 0.2) is 17.6 Å². The highest BCUT2D eigenvalue weighted by molar-refractivity contribution is 5.80. The van der Waals surface area contributed by atoms with Crippen LogP contribution >= 0.6 is 0 Å². The van der Waals surface area contributed by atoms with Gasteiger partial charge in [-0.25, -0.2) is 13.8 Å². The molecular formula is C20H25F2N5O. The van der Waals surface area contributed by atoms with E-state index < -0.39 is 11.6 Å². The van der Waals surface area contributed by atoms with E-state index in [9.17, 15) is 8.78 Å². The van der Waals surface area contributed by atoms with Gasteiger partial charge in [-0.05, 0) is 37.1 Å². The van der Waals surface area contributed by atoms with Gasteiger partial charge in [0.2, 0.25) is 0 Å². The van der Waals surface area contributed by atoms with E-state index >= 15 is 0 Å². The van der Waals surface area contributed by atoms with Crippen molar-refractivity contribution in [2.45, 2.75) is 18.9 Å². The molecule has 8 heteroatoms. The molecule has 0 spiro atoms. The third-order valence-electron chi connectivity index (χ3n) is 4.59. The lowest BCUT2D eigenvalue weighted by atomic mass is 10.1. The first-order valence-electron chi connectivity index (χ1n) is 9.36. The van der Waals surface area contributed by atoms with E-state index in [1.807, 2.05) is 24.4 Å². The van der Waals surface area contributed by atoms with Crippen molar-refractivity contribution in [3.63, 3.8) is 0 Å². The quantitative estimate of drug-likeness (QED) is 0.452. The molecule has 3 rings (SSSR count). The highest BCUT2D eigenvalue weighted by Crippen LogP contribution is 2.17. The SMILES string of the molecule is CN=C(NCCOc1ccc(F)c(F)c1)NC1CCN(c2ccccn2)CC1. The Morgan fingerprint density at radius 2 is 2.04 bits per heavy atom. The molecule has 1 aliphatic heterocycles. The summed E-state index contributed by atoms with van der Waals surface area (Å²) in [5, 5.41) is 6.60. The minimum Gasteiger partial charge on any atom is -0.492 e. The largest absolute Gasteiger partial charge is 0.492 e. The Morgan fingerprint density at radius 3 is 2.71 bits per heavy atom. The molecule has 0 bridgehead atoms. The van der Waals surface area contributed by atoms with Crippen molar-refractivity contribution in [3.05, 3.63) is 54.2 Å². The summed E-state index contributed by atoms with van der Waals surface area (Å²) < 4.78 is 31.5. The fourth-order valence-corrected chi connectivity index (χ4v) is 3.09. The molecule has 0 atom stereocenters. The molecule has 1 aromatic heterocycles. The van der Waals surface area contributed by atoms with Gasteiger partial charge in [0.1, 0.15) is 18.2 Å². The molecule has 2 aromatic rings. The Morgan fingerprint density at radius 1 is 1.21 bits per heavy atom. The lowest BCUT2D eigenvalue weighted by molar-refractivity contribution is 0.318. The number of hydrogen-bond acceptors (Lipinski definition) is 4.